The van der Waals surface area contributed by atoms with Crippen molar-refractivity contribution in [1.29, 1.82) is 0 Å². The minimum absolute atomic E-state index is 0.472. The van der Waals surface area contributed by atoms with Gasteiger partial charge in [0.2, 0.25) is 0 Å². The summed E-state index contributed by atoms with van der Waals surface area (Å²) in [6, 6.07) is 0. The molecule has 0 spiro atoms. The van der Waals surface area contributed by atoms with Gasteiger partial charge >= 0.3 is 0 Å². The van der Waals surface area contributed by atoms with Crippen LogP contribution in [0, 0.1) is 0 Å². The van der Waals surface area contributed by atoms with E-state index in [0.717, 1.165) is 6.61 Å². The van der Waals surface area contributed by atoms with Crippen molar-refractivity contribution in [2.75, 3.05) is 18.1 Å². The molecule has 1 nitrogen and oxygen atoms in total. The van der Waals surface area contributed by atoms with Gasteiger partial charge in [0.1, 0.15) is 0 Å². The number of hydrogen-bond acceptors (Lipinski definition) is 3. The third-order valence-electron chi connectivity index (χ3n) is 2.10. The predicted octanol–water partition coefficient (Wildman–Crippen LogP) is 2.36. The van der Waals surface area contributed by atoms with Crippen molar-refractivity contribution in [3.63, 3.8) is 0 Å². The van der Waals surface area contributed by atoms with Gasteiger partial charge in [-0.1, -0.05) is 0 Å². The van der Waals surface area contributed by atoms with Crippen molar-refractivity contribution >= 4 is 23.5 Å². The van der Waals surface area contributed by atoms with E-state index < -0.39 is 0 Å². The van der Waals surface area contributed by atoms with Crippen LogP contribution in [-0.2, 0) is 4.74 Å². The van der Waals surface area contributed by atoms with Crippen LogP contribution in [0.4, 0.5) is 0 Å². The van der Waals surface area contributed by atoms with Crippen LogP contribution in [0.25, 0.3) is 0 Å². The van der Waals surface area contributed by atoms with Crippen LogP contribution in [0.15, 0.2) is 0 Å². The quantitative estimate of drug-likeness (QED) is 0.620. The van der Waals surface area contributed by atoms with Crippen molar-refractivity contribution in [3.05, 3.63) is 0 Å². The first-order valence-corrected chi connectivity index (χ1v) is 6.15. The molecule has 2 fully saturated rings. The predicted molar refractivity (Wildman–Crippen MR) is 52.3 cm³/mol. The van der Waals surface area contributed by atoms with Crippen molar-refractivity contribution in [3.8, 4) is 0 Å². The van der Waals surface area contributed by atoms with Crippen molar-refractivity contribution in [2.45, 2.75) is 29.9 Å². The van der Waals surface area contributed by atoms with Crippen LogP contribution in [-0.4, -0.2) is 28.3 Å². The molecule has 0 bridgehead atoms. The Bertz CT molecular complexity index is 139. The lowest BCUT2D eigenvalue weighted by Crippen LogP contribution is -2.22. The summed E-state index contributed by atoms with van der Waals surface area (Å²) in [7, 11) is 0. The molecule has 0 aromatic heterocycles. The lowest BCUT2D eigenvalue weighted by molar-refractivity contribution is 0.393. The van der Waals surface area contributed by atoms with Crippen molar-refractivity contribution < 1.29 is 4.74 Å². The Morgan fingerprint density at radius 3 is 2.64 bits per heavy atom. The first kappa shape index (κ1) is 8.27. The van der Waals surface area contributed by atoms with Crippen molar-refractivity contribution in [2.24, 2.45) is 0 Å². The number of ether oxygens (including phenoxy) is 1. The molecule has 2 rings (SSSR count). The van der Waals surface area contributed by atoms with E-state index in [2.05, 4.69) is 30.4 Å². The molecule has 0 aromatic rings. The van der Waals surface area contributed by atoms with Crippen LogP contribution in [0.2, 0.25) is 0 Å². The van der Waals surface area contributed by atoms with Gasteiger partial charge in [0.05, 0.1) is 16.8 Å². The summed E-state index contributed by atoms with van der Waals surface area (Å²) >= 11 is 4.23. The Morgan fingerprint density at radius 1 is 1.45 bits per heavy atom. The molecule has 0 saturated carbocycles. The average molecular weight is 190 g/mol. The Hall–Kier alpha value is 0.660. The van der Waals surface area contributed by atoms with Crippen LogP contribution in [0.1, 0.15) is 19.8 Å². The molecule has 0 N–H and O–H groups in total. The average Bonchev–Trinajstić information content (AvgIpc) is 2.72. The van der Waals surface area contributed by atoms with Gasteiger partial charge < -0.3 is 4.74 Å². The molecule has 0 unspecified atom stereocenters. The highest BCUT2D eigenvalue weighted by Gasteiger charge is 2.36. The molecule has 0 aliphatic carbocycles. The second-order valence-electron chi connectivity index (χ2n) is 3.34. The smallest absolute Gasteiger partial charge is 0.0831 e. The van der Waals surface area contributed by atoms with E-state index >= 15 is 0 Å². The summed E-state index contributed by atoms with van der Waals surface area (Å²) in [5.41, 5.74) is 0. The third kappa shape index (κ3) is 2.30. The maximum atomic E-state index is 5.25. The number of epoxide rings is 1. The minimum Gasteiger partial charge on any atom is -0.373 e. The Labute approximate surface area is 76.6 Å². The van der Waals surface area contributed by atoms with E-state index in [9.17, 15) is 0 Å². The first-order chi connectivity index (χ1) is 5.29. The van der Waals surface area contributed by atoms with Crippen LogP contribution in [0.3, 0.4) is 0 Å². The molecule has 2 saturated heterocycles. The standard InChI is InChI=1S/C8H14OS2/c1-8(5-7-6-9-7)10-3-2-4-11-8/h7H,2-6H2,1H3/t7-/m0/s1. The second-order valence-corrected chi connectivity index (χ2v) is 6.80. The molecule has 0 aromatic carbocycles. The summed E-state index contributed by atoms with van der Waals surface area (Å²) in [5, 5.41) is 0. The fraction of sp³-hybridized carbons (Fsp3) is 1.00. The summed E-state index contributed by atoms with van der Waals surface area (Å²) in [6.45, 7) is 3.37. The zero-order chi connectivity index (χ0) is 7.73. The largest absolute Gasteiger partial charge is 0.373 e. The van der Waals surface area contributed by atoms with Crippen molar-refractivity contribution in [1.82, 2.24) is 0 Å². The zero-order valence-electron chi connectivity index (χ0n) is 6.84. The maximum Gasteiger partial charge on any atom is 0.0831 e. The van der Waals surface area contributed by atoms with E-state index in [0.29, 0.717) is 10.2 Å². The fourth-order valence-electron chi connectivity index (χ4n) is 1.39. The normalized spacial score (nSPS) is 35.2. The highest BCUT2D eigenvalue weighted by Crippen LogP contribution is 2.46. The van der Waals surface area contributed by atoms with Gasteiger partial charge in [-0.25, -0.2) is 0 Å². The van der Waals surface area contributed by atoms with Gasteiger partial charge in [-0.15, -0.1) is 23.5 Å². The second kappa shape index (κ2) is 3.19. The minimum atomic E-state index is 0.472. The van der Waals surface area contributed by atoms with E-state index in [1.54, 1.807) is 0 Å². The van der Waals surface area contributed by atoms with Crippen LogP contribution < -0.4 is 0 Å². The molecular formula is C8H14OS2. The molecule has 0 radical (unpaired) electrons. The third-order valence-corrected chi connectivity index (χ3v) is 5.35. The molecule has 3 heteroatoms. The van der Waals surface area contributed by atoms with E-state index in [1.807, 2.05) is 0 Å². The maximum absolute atomic E-state index is 5.25. The summed E-state index contributed by atoms with van der Waals surface area (Å²) < 4.78 is 5.72. The van der Waals surface area contributed by atoms with E-state index in [4.69, 9.17) is 4.74 Å². The Kier molecular flexibility index (Phi) is 2.40. The first-order valence-electron chi connectivity index (χ1n) is 4.18. The number of rotatable bonds is 2. The van der Waals surface area contributed by atoms with Crippen LogP contribution in [0.5, 0.6) is 0 Å². The van der Waals surface area contributed by atoms with Gasteiger partial charge in [0, 0.05) is 0 Å². The summed E-state index contributed by atoms with van der Waals surface area (Å²) in [6.07, 6.45) is 3.23. The number of thioether (sulfide) groups is 2. The molecule has 0 amide bonds. The Balaban J connectivity index is 1.84. The zero-order valence-corrected chi connectivity index (χ0v) is 8.47. The SMILES string of the molecule is CC1(C[C@H]2CO2)SCCCS1. The highest BCUT2D eigenvalue weighted by molar-refractivity contribution is 8.18. The molecule has 2 aliphatic rings. The highest BCUT2D eigenvalue weighted by atomic mass is 32.2. The molecule has 64 valence electrons. The van der Waals surface area contributed by atoms with Gasteiger partial charge in [-0.3, -0.25) is 0 Å². The summed E-state index contributed by atoms with van der Waals surface area (Å²) in [4.78, 5) is 0. The monoisotopic (exact) mass is 190 g/mol. The lowest BCUT2D eigenvalue weighted by Gasteiger charge is -2.31. The van der Waals surface area contributed by atoms with Gasteiger partial charge in [0.25, 0.3) is 0 Å². The Morgan fingerprint density at radius 2 is 2.09 bits per heavy atom. The van der Waals surface area contributed by atoms with E-state index in [1.165, 1.54) is 24.3 Å². The number of hydrogen-bond donors (Lipinski definition) is 0. The molecule has 2 heterocycles. The van der Waals surface area contributed by atoms with E-state index in [-0.39, 0.29) is 0 Å². The fourth-order valence-corrected chi connectivity index (χ4v) is 4.46. The summed E-state index contributed by atoms with van der Waals surface area (Å²) in [5.74, 6) is 2.69. The lowest BCUT2D eigenvalue weighted by atomic mass is 10.2. The topological polar surface area (TPSA) is 12.5 Å². The molecule has 1 atom stereocenters. The molecule has 11 heavy (non-hydrogen) atoms. The molecule has 2 aliphatic heterocycles. The van der Waals surface area contributed by atoms with Gasteiger partial charge in [0.15, 0.2) is 0 Å². The van der Waals surface area contributed by atoms with Gasteiger partial charge in [-0.2, -0.15) is 0 Å². The van der Waals surface area contributed by atoms with Gasteiger partial charge in [-0.05, 0) is 31.3 Å². The molecular weight excluding hydrogens is 176 g/mol. The van der Waals surface area contributed by atoms with Crippen LogP contribution >= 0.6 is 23.5 Å².